The number of carboxylic acid groups (broad SMARTS) is 1. The molecule has 0 aliphatic rings. The number of carbonyl (C=O) groups is 1. The standard InChI is InChI=1S/C18H18O2/c1-3-14-8-10-16(11-9-14)17(18(19)20)12-15-6-4-13(2)5-7-15/h4-12H,3H2,1-2H3,(H,19,20)/b17-12-. The molecular weight excluding hydrogens is 248 g/mol. The average molecular weight is 266 g/mol. The van der Waals surface area contributed by atoms with E-state index in [2.05, 4.69) is 6.92 Å². The van der Waals surface area contributed by atoms with Crippen molar-refractivity contribution >= 4 is 17.6 Å². The lowest BCUT2D eigenvalue weighted by atomic mass is 10.0. The second-order valence-electron chi connectivity index (χ2n) is 4.82. The van der Waals surface area contributed by atoms with Crippen molar-refractivity contribution in [3.05, 3.63) is 70.8 Å². The predicted molar refractivity (Wildman–Crippen MR) is 82.5 cm³/mol. The Labute approximate surface area is 119 Å². The van der Waals surface area contributed by atoms with Gasteiger partial charge in [-0.3, -0.25) is 0 Å². The molecule has 0 saturated heterocycles. The molecule has 2 aromatic carbocycles. The zero-order chi connectivity index (χ0) is 14.5. The molecule has 0 saturated carbocycles. The van der Waals surface area contributed by atoms with E-state index in [1.165, 1.54) is 5.56 Å². The lowest BCUT2D eigenvalue weighted by Crippen LogP contribution is -1.99. The molecule has 0 heterocycles. The van der Waals surface area contributed by atoms with Crippen LogP contribution in [-0.2, 0) is 11.2 Å². The number of hydrogen-bond donors (Lipinski definition) is 1. The van der Waals surface area contributed by atoms with Crippen molar-refractivity contribution in [3.63, 3.8) is 0 Å². The van der Waals surface area contributed by atoms with Crippen molar-refractivity contribution in [3.8, 4) is 0 Å². The number of carboxylic acids is 1. The molecule has 1 N–H and O–H groups in total. The summed E-state index contributed by atoms with van der Waals surface area (Å²) in [5.74, 6) is -0.908. The zero-order valence-electron chi connectivity index (χ0n) is 11.8. The lowest BCUT2D eigenvalue weighted by molar-refractivity contribution is -0.130. The molecule has 102 valence electrons. The van der Waals surface area contributed by atoms with Crippen molar-refractivity contribution < 1.29 is 9.90 Å². The molecule has 0 unspecified atom stereocenters. The van der Waals surface area contributed by atoms with Crippen LogP contribution in [0.5, 0.6) is 0 Å². The summed E-state index contributed by atoms with van der Waals surface area (Å²) < 4.78 is 0. The van der Waals surface area contributed by atoms with Crippen LogP contribution in [0.15, 0.2) is 48.5 Å². The van der Waals surface area contributed by atoms with Gasteiger partial charge >= 0.3 is 5.97 Å². The quantitative estimate of drug-likeness (QED) is 0.665. The van der Waals surface area contributed by atoms with Gasteiger partial charge in [0.05, 0.1) is 5.57 Å². The smallest absolute Gasteiger partial charge is 0.336 e. The van der Waals surface area contributed by atoms with Gasteiger partial charge < -0.3 is 5.11 Å². The first-order valence-electron chi connectivity index (χ1n) is 6.71. The van der Waals surface area contributed by atoms with Crippen LogP contribution in [0.2, 0.25) is 0 Å². The fourth-order valence-corrected chi connectivity index (χ4v) is 2.02. The van der Waals surface area contributed by atoms with Crippen molar-refractivity contribution in [2.45, 2.75) is 20.3 Å². The number of rotatable bonds is 4. The predicted octanol–water partition coefficient (Wildman–Crippen LogP) is 4.18. The van der Waals surface area contributed by atoms with E-state index < -0.39 is 5.97 Å². The molecule has 0 bridgehead atoms. The topological polar surface area (TPSA) is 37.3 Å². The Morgan fingerprint density at radius 1 is 1.05 bits per heavy atom. The maximum Gasteiger partial charge on any atom is 0.336 e. The van der Waals surface area contributed by atoms with Crippen LogP contribution in [-0.4, -0.2) is 11.1 Å². The highest BCUT2D eigenvalue weighted by molar-refractivity contribution is 6.20. The normalized spacial score (nSPS) is 11.4. The minimum atomic E-state index is -0.908. The summed E-state index contributed by atoms with van der Waals surface area (Å²) in [4.78, 5) is 11.5. The summed E-state index contributed by atoms with van der Waals surface area (Å²) in [6.07, 6.45) is 2.66. The molecule has 0 radical (unpaired) electrons. The van der Waals surface area contributed by atoms with Crippen LogP contribution in [0, 0.1) is 6.92 Å². The van der Waals surface area contributed by atoms with Gasteiger partial charge in [-0.15, -0.1) is 0 Å². The van der Waals surface area contributed by atoms with Crippen molar-refractivity contribution in [2.75, 3.05) is 0 Å². The van der Waals surface area contributed by atoms with Crippen LogP contribution in [0.25, 0.3) is 11.6 Å². The minimum absolute atomic E-state index is 0.316. The molecule has 2 heteroatoms. The molecular formula is C18H18O2. The van der Waals surface area contributed by atoms with Crippen LogP contribution >= 0.6 is 0 Å². The Kier molecular flexibility index (Phi) is 4.36. The van der Waals surface area contributed by atoms with Gasteiger partial charge in [0.25, 0.3) is 0 Å². The van der Waals surface area contributed by atoms with Gasteiger partial charge in [-0.1, -0.05) is 61.0 Å². The molecule has 0 amide bonds. The summed E-state index contributed by atoms with van der Waals surface area (Å²) in [6, 6.07) is 15.5. The van der Waals surface area contributed by atoms with E-state index in [9.17, 15) is 9.90 Å². The first-order chi connectivity index (χ1) is 9.60. The largest absolute Gasteiger partial charge is 0.478 e. The summed E-state index contributed by atoms with van der Waals surface area (Å²) in [6.45, 7) is 4.09. The van der Waals surface area contributed by atoms with Crippen LogP contribution in [0.1, 0.15) is 29.2 Å². The zero-order valence-corrected chi connectivity index (χ0v) is 11.8. The van der Waals surface area contributed by atoms with E-state index in [1.54, 1.807) is 6.08 Å². The Morgan fingerprint density at radius 2 is 1.65 bits per heavy atom. The maximum absolute atomic E-state index is 11.5. The number of hydrogen-bond acceptors (Lipinski definition) is 1. The van der Waals surface area contributed by atoms with Crippen LogP contribution in [0.3, 0.4) is 0 Å². The summed E-state index contributed by atoms with van der Waals surface area (Å²) in [5.41, 5.74) is 4.31. The molecule has 20 heavy (non-hydrogen) atoms. The summed E-state index contributed by atoms with van der Waals surface area (Å²) in [5, 5.41) is 9.40. The van der Waals surface area contributed by atoms with Gasteiger partial charge in [-0.2, -0.15) is 0 Å². The third-order valence-corrected chi connectivity index (χ3v) is 3.29. The second-order valence-corrected chi connectivity index (χ2v) is 4.82. The molecule has 2 nitrogen and oxygen atoms in total. The molecule has 0 fully saturated rings. The van der Waals surface area contributed by atoms with E-state index in [1.807, 2.05) is 55.5 Å². The Balaban J connectivity index is 2.39. The summed E-state index contributed by atoms with van der Waals surface area (Å²) in [7, 11) is 0. The molecule has 0 atom stereocenters. The highest BCUT2D eigenvalue weighted by Gasteiger charge is 2.10. The first-order valence-corrected chi connectivity index (χ1v) is 6.71. The second kappa shape index (κ2) is 6.20. The van der Waals surface area contributed by atoms with Crippen LogP contribution in [0.4, 0.5) is 0 Å². The Morgan fingerprint density at radius 3 is 2.15 bits per heavy atom. The first kappa shape index (κ1) is 14.1. The van der Waals surface area contributed by atoms with Crippen molar-refractivity contribution in [2.24, 2.45) is 0 Å². The van der Waals surface area contributed by atoms with E-state index >= 15 is 0 Å². The Hall–Kier alpha value is -2.35. The van der Waals surface area contributed by atoms with Crippen molar-refractivity contribution in [1.82, 2.24) is 0 Å². The molecule has 0 aliphatic heterocycles. The van der Waals surface area contributed by atoms with Crippen LogP contribution < -0.4 is 0 Å². The third kappa shape index (κ3) is 3.35. The SMILES string of the molecule is CCc1ccc(/C(=C/c2ccc(C)cc2)C(=O)O)cc1. The van der Waals surface area contributed by atoms with E-state index in [0.717, 1.165) is 23.1 Å². The highest BCUT2D eigenvalue weighted by Crippen LogP contribution is 2.20. The van der Waals surface area contributed by atoms with Gasteiger partial charge in [-0.05, 0) is 36.1 Å². The number of aryl methyl sites for hydroxylation is 2. The van der Waals surface area contributed by atoms with Gasteiger partial charge in [0.2, 0.25) is 0 Å². The van der Waals surface area contributed by atoms with Crippen molar-refractivity contribution in [1.29, 1.82) is 0 Å². The summed E-state index contributed by atoms with van der Waals surface area (Å²) >= 11 is 0. The third-order valence-electron chi connectivity index (χ3n) is 3.29. The Bertz CT molecular complexity index is 619. The van der Waals surface area contributed by atoms with E-state index in [4.69, 9.17) is 0 Å². The monoisotopic (exact) mass is 266 g/mol. The number of aliphatic carboxylic acids is 1. The van der Waals surface area contributed by atoms with E-state index in [0.29, 0.717) is 5.57 Å². The molecule has 2 aromatic rings. The van der Waals surface area contributed by atoms with Gasteiger partial charge in [0.15, 0.2) is 0 Å². The molecule has 0 spiro atoms. The minimum Gasteiger partial charge on any atom is -0.478 e. The molecule has 2 rings (SSSR count). The molecule has 0 aliphatic carbocycles. The fraction of sp³-hybridized carbons (Fsp3) is 0.167. The van der Waals surface area contributed by atoms with Gasteiger partial charge in [0, 0.05) is 0 Å². The van der Waals surface area contributed by atoms with Gasteiger partial charge in [-0.25, -0.2) is 4.79 Å². The maximum atomic E-state index is 11.5. The highest BCUT2D eigenvalue weighted by atomic mass is 16.4. The van der Waals surface area contributed by atoms with E-state index in [-0.39, 0.29) is 0 Å². The number of benzene rings is 2. The average Bonchev–Trinajstić information content (AvgIpc) is 2.46. The lowest BCUT2D eigenvalue weighted by Gasteiger charge is -2.05. The van der Waals surface area contributed by atoms with Gasteiger partial charge in [0.1, 0.15) is 0 Å². The fourth-order valence-electron chi connectivity index (χ4n) is 2.02. The molecule has 0 aromatic heterocycles.